The van der Waals surface area contributed by atoms with Crippen LogP contribution in [0.25, 0.3) is 83.6 Å². The molecule has 0 aliphatic rings. The Kier molecular flexibility index (Phi) is 3.94. The Morgan fingerprint density at radius 3 is 1.68 bits per heavy atom. The van der Waals surface area contributed by atoms with E-state index in [0.717, 1.165) is 11.1 Å². The summed E-state index contributed by atoms with van der Waals surface area (Å²) in [6.07, 6.45) is 0. The number of hydrogen-bond donors (Lipinski definition) is 0. The van der Waals surface area contributed by atoms with Gasteiger partial charge in [-0.3, -0.25) is 0 Å². The lowest BCUT2D eigenvalue weighted by Crippen LogP contribution is -2.00. The molecular formula is C39H24N4O. The maximum Gasteiger partial charge on any atom is 0.164 e. The van der Waals surface area contributed by atoms with Gasteiger partial charge in [0.05, 0.1) is 33.1 Å². The van der Waals surface area contributed by atoms with E-state index in [2.05, 4.69) is 0 Å². The Morgan fingerprint density at radius 1 is 0.500 bits per heavy atom. The minimum atomic E-state index is -0.498. The number of furan rings is 1. The molecule has 0 aliphatic carbocycles. The lowest BCUT2D eigenvalue weighted by Gasteiger charge is -2.10. The van der Waals surface area contributed by atoms with Gasteiger partial charge in [-0.15, -0.1) is 0 Å². The first-order valence-corrected chi connectivity index (χ1v) is 14.0. The molecule has 44 heavy (non-hydrogen) atoms. The van der Waals surface area contributed by atoms with Crippen LogP contribution in [0.5, 0.6) is 0 Å². The maximum atomic E-state index is 8.99. The predicted molar refractivity (Wildman–Crippen MR) is 178 cm³/mol. The van der Waals surface area contributed by atoms with Crippen molar-refractivity contribution in [3.63, 3.8) is 0 Å². The van der Waals surface area contributed by atoms with Crippen LogP contribution in [-0.4, -0.2) is 19.5 Å². The van der Waals surface area contributed by atoms with Crippen molar-refractivity contribution in [3.05, 3.63) is 145 Å². The smallest absolute Gasteiger partial charge is 0.164 e. The van der Waals surface area contributed by atoms with E-state index in [1.54, 1.807) is 18.2 Å². The molecule has 0 bridgehead atoms. The first kappa shape index (κ1) is 17.8. The van der Waals surface area contributed by atoms with E-state index in [1.807, 2.05) is 78.9 Å². The molecule has 0 spiro atoms. The van der Waals surface area contributed by atoms with Crippen LogP contribution >= 0.6 is 0 Å². The molecule has 5 nitrogen and oxygen atoms in total. The third kappa shape index (κ3) is 3.83. The van der Waals surface area contributed by atoms with Crippen LogP contribution in [0.3, 0.4) is 0 Å². The summed E-state index contributed by atoms with van der Waals surface area (Å²) in [4.78, 5) is 14.6. The van der Waals surface area contributed by atoms with Gasteiger partial charge in [-0.2, -0.15) is 0 Å². The van der Waals surface area contributed by atoms with E-state index in [-0.39, 0.29) is 33.9 Å². The minimum absolute atomic E-state index is 0.00515. The molecule has 0 aliphatic heterocycles. The van der Waals surface area contributed by atoms with Crippen LogP contribution in [0.2, 0.25) is 0 Å². The van der Waals surface area contributed by atoms with E-state index in [0.29, 0.717) is 50.7 Å². The molecule has 5 heteroatoms. The van der Waals surface area contributed by atoms with Gasteiger partial charge in [0.25, 0.3) is 0 Å². The van der Waals surface area contributed by atoms with Gasteiger partial charge in [0.2, 0.25) is 0 Å². The second kappa shape index (κ2) is 9.75. The molecule has 0 saturated carbocycles. The number of hydrogen-bond acceptors (Lipinski definition) is 4. The fourth-order valence-electron chi connectivity index (χ4n) is 5.73. The molecule has 206 valence electrons. The van der Waals surface area contributed by atoms with Gasteiger partial charge in [0.15, 0.2) is 17.5 Å². The van der Waals surface area contributed by atoms with E-state index < -0.39 is 36.3 Å². The summed E-state index contributed by atoms with van der Waals surface area (Å²) in [6.45, 7) is 0. The standard InChI is InChI=1S/C39H24N4O/c1-3-12-25(13-4-1)37-40-38(26-14-5-2-6-15-26)42-39(41-37)27-22-23-34-30(24-27)36-33(20-11-21-35(36)44-34)43-31-18-9-7-16-28(31)29-17-8-10-19-32(29)43/h1-24H/i7D,8D,9D,10D,16D,17D,18D,19D. The van der Waals surface area contributed by atoms with Gasteiger partial charge >= 0.3 is 0 Å². The first-order chi connectivity index (χ1) is 25.1. The summed E-state index contributed by atoms with van der Waals surface area (Å²) in [5.74, 6) is 1.41. The Morgan fingerprint density at radius 2 is 1.07 bits per heavy atom. The Bertz CT molecular complexity index is 2810. The third-order valence-electron chi connectivity index (χ3n) is 7.70. The van der Waals surface area contributed by atoms with Crippen molar-refractivity contribution in [2.24, 2.45) is 0 Å². The van der Waals surface area contributed by atoms with E-state index in [1.165, 1.54) is 4.57 Å². The zero-order valence-corrected chi connectivity index (χ0v) is 22.9. The SMILES string of the molecule is [2H]c1c([2H])c([2H])c2c(c1[2H])c1c([2H])c([2H])c([2H])c([2H])c1n2-c1cccc2oc3ccc(-c4nc(-c5ccccc5)nc(-c5ccccc5)n4)cc3c12. The Hall–Kier alpha value is -6.07. The number of nitrogens with zero attached hydrogens (tertiary/aromatic N) is 4. The van der Waals surface area contributed by atoms with Gasteiger partial charge < -0.3 is 8.98 Å². The van der Waals surface area contributed by atoms with Crippen molar-refractivity contribution in [3.8, 4) is 39.9 Å². The van der Waals surface area contributed by atoms with Crippen LogP contribution in [0.4, 0.5) is 0 Å². The second-order valence-corrected chi connectivity index (χ2v) is 10.3. The van der Waals surface area contributed by atoms with Gasteiger partial charge in [0, 0.05) is 32.8 Å². The van der Waals surface area contributed by atoms with Crippen molar-refractivity contribution in [2.45, 2.75) is 0 Å². The average molecular weight is 573 g/mol. The van der Waals surface area contributed by atoms with Crippen molar-refractivity contribution >= 4 is 43.7 Å². The van der Waals surface area contributed by atoms with Crippen molar-refractivity contribution in [1.82, 2.24) is 19.5 Å². The van der Waals surface area contributed by atoms with Crippen molar-refractivity contribution in [2.75, 3.05) is 0 Å². The fourth-order valence-corrected chi connectivity index (χ4v) is 5.73. The molecule has 9 aromatic rings. The highest BCUT2D eigenvalue weighted by Crippen LogP contribution is 2.39. The zero-order valence-electron chi connectivity index (χ0n) is 30.9. The summed E-state index contributed by atoms with van der Waals surface area (Å²) in [6, 6.07) is 26.6. The zero-order chi connectivity index (χ0) is 36.0. The molecule has 0 atom stereocenters. The molecule has 9 rings (SSSR count). The van der Waals surface area contributed by atoms with Crippen molar-refractivity contribution < 1.29 is 15.4 Å². The predicted octanol–water partition coefficient (Wildman–Crippen LogP) is 9.87. The van der Waals surface area contributed by atoms with E-state index >= 15 is 0 Å². The lowest BCUT2D eigenvalue weighted by molar-refractivity contribution is 0.669. The fraction of sp³-hybridized carbons (Fsp3) is 0. The monoisotopic (exact) mass is 572 g/mol. The lowest BCUT2D eigenvalue weighted by atomic mass is 10.1. The van der Waals surface area contributed by atoms with Gasteiger partial charge in [0.1, 0.15) is 11.2 Å². The van der Waals surface area contributed by atoms with Crippen LogP contribution in [0.15, 0.2) is 150 Å². The molecule has 0 N–H and O–H groups in total. The summed E-state index contributed by atoms with van der Waals surface area (Å²) in [5, 5.41) is 1.22. The van der Waals surface area contributed by atoms with Crippen LogP contribution < -0.4 is 0 Å². The highest BCUT2D eigenvalue weighted by atomic mass is 16.3. The normalized spacial score (nSPS) is 14.2. The molecule has 0 amide bonds. The maximum absolute atomic E-state index is 8.99. The van der Waals surface area contributed by atoms with Crippen LogP contribution in [-0.2, 0) is 0 Å². The number of benzene rings is 6. The largest absolute Gasteiger partial charge is 0.456 e. The number of aromatic nitrogens is 4. The van der Waals surface area contributed by atoms with Gasteiger partial charge in [-0.1, -0.05) is 103 Å². The molecule has 0 fully saturated rings. The van der Waals surface area contributed by atoms with Crippen molar-refractivity contribution in [1.29, 1.82) is 0 Å². The number of rotatable bonds is 4. The molecule has 3 aromatic heterocycles. The molecule has 0 radical (unpaired) electrons. The average Bonchev–Trinajstić information content (AvgIpc) is 3.75. The van der Waals surface area contributed by atoms with Gasteiger partial charge in [-0.25, -0.2) is 15.0 Å². The molecule has 0 unspecified atom stereocenters. The highest BCUT2D eigenvalue weighted by molar-refractivity contribution is 6.14. The summed E-state index contributed by atoms with van der Waals surface area (Å²) in [7, 11) is 0. The minimum Gasteiger partial charge on any atom is -0.456 e. The Balaban J connectivity index is 1.37. The summed E-state index contributed by atoms with van der Waals surface area (Å²) in [5.41, 5.74) is 3.76. The Labute approximate surface area is 263 Å². The topological polar surface area (TPSA) is 56.7 Å². The number of fused-ring (bicyclic) bond motifs is 6. The summed E-state index contributed by atoms with van der Waals surface area (Å²) < 4.78 is 77.3. The van der Waals surface area contributed by atoms with E-state index in [4.69, 9.17) is 30.3 Å². The third-order valence-corrected chi connectivity index (χ3v) is 7.70. The quantitative estimate of drug-likeness (QED) is 0.211. The van der Waals surface area contributed by atoms with Crippen LogP contribution in [0, 0.1) is 0 Å². The summed E-state index contributed by atoms with van der Waals surface area (Å²) >= 11 is 0. The second-order valence-electron chi connectivity index (χ2n) is 10.3. The van der Waals surface area contributed by atoms with E-state index in [9.17, 15) is 0 Å². The highest BCUT2D eigenvalue weighted by Gasteiger charge is 2.19. The van der Waals surface area contributed by atoms with Gasteiger partial charge in [-0.05, 0) is 42.4 Å². The first-order valence-electron chi connectivity index (χ1n) is 18.0. The number of para-hydroxylation sites is 2. The molecule has 0 saturated heterocycles. The molecule has 3 heterocycles. The van der Waals surface area contributed by atoms with Crippen LogP contribution in [0.1, 0.15) is 11.0 Å². The molecular weight excluding hydrogens is 540 g/mol. The molecule has 6 aromatic carbocycles.